The molecule has 506 valence electrons. The zero-order valence-electron chi connectivity index (χ0n) is 56.2. The Hall–Kier alpha value is -6.96. The topological polar surface area (TPSA) is 305 Å². The molecule has 0 radical (unpaired) electrons. The second-order valence-corrected chi connectivity index (χ2v) is 32.8. The largest absolute Gasteiger partial charge is 0.444 e. The van der Waals surface area contributed by atoms with E-state index in [0.29, 0.717) is 12.8 Å². The van der Waals surface area contributed by atoms with Gasteiger partial charge in [0.05, 0.1) is 27.9 Å². The Kier molecular flexibility index (Phi) is 22.3. The lowest BCUT2D eigenvalue weighted by atomic mass is 9.77. The quantitative estimate of drug-likeness (QED) is 0.0696. The van der Waals surface area contributed by atoms with Crippen molar-refractivity contribution < 1.29 is 64.7 Å². The molecule has 25 heteroatoms. The van der Waals surface area contributed by atoms with E-state index in [1.165, 1.54) is 51.0 Å². The van der Waals surface area contributed by atoms with Crippen LogP contribution in [0.4, 0.5) is 9.59 Å². The highest BCUT2D eigenvalue weighted by molar-refractivity contribution is 7.90. The zero-order chi connectivity index (χ0) is 68.4. The number of Topliss-reactive ketones (excluding diaryl/α,β-unsaturated/α-hetero) is 1. The average Bonchev–Trinajstić information content (AvgIpc) is 1.57. The lowest BCUT2D eigenvalue weighted by Gasteiger charge is -2.37. The summed E-state index contributed by atoms with van der Waals surface area (Å²) in [5.41, 5.74) is 0.347. The van der Waals surface area contributed by atoms with Crippen LogP contribution in [-0.4, -0.2) is 153 Å². The minimum atomic E-state index is -4.65. The molecule has 6 N–H and O–H groups in total. The van der Waals surface area contributed by atoms with Gasteiger partial charge in [0, 0.05) is 44.6 Å². The highest BCUT2D eigenvalue weighted by Crippen LogP contribution is 2.40. The number of likely N-dealkylation sites (N-methyl/N-ethyl adjacent to an activating group) is 2. The molecule has 23 nitrogen and oxygen atoms in total. The number of rotatable bonds is 19. The van der Waals surface area contributed by atoms with Crippen LogP contribution < -0.4 is 30.7 Å². The first kappa shape index (κ1) is 72.5. The van der Waals surface area contributed by atoms with Gasteiger partial charge in [-0.3, -0.25) is 38.6 Å². The molecule has 0 bridgehead atoms. The van der Waals surface area contributed by atoms with Gasteiger partial charge in [-0.2, -0.15) is 0 Å². The van der Waals surface area contributed by atoms with Crippen molar-refractivity contribution in [3.05, 3.63) is 95.1 Å². The second-order valence-electron chi connectivity index (χ2n) is 29.4. The van der Waals surface area contributed by atoms with Crippen LogP contribution in [0, 0.1) is 22.7 Å². The molecule has 0 aromatic heterocycles. The molecule has 1 saturated heterocycles. The number of likely N-dealkylation sites (tertiary alicyclic amines) is 1. The summed E-state index contributed by atoms with van der Waals surface area (Å²) in [6, 6.07) is 11.2. The number of hydrogen-bond acceptors (Lipinski definition) is 14. The van der Waals surface area contributed by atoms with Gasteiger partial charge in [-0.1, -0.05) is 96.1 Å². The van der Waals surface area contributed by atoms with E-state index in [1.54, 1.807) is 83.1 Å². The number of hydrogen-bond donors (Lipinski definition) is 6. The number of benzene rings is 3. The van der Waals surface area contributed by atoms with Crippen molar-refractivity contribution in [2.45, 2.75) is 230 Å². The minimum absolute atomic E-state index is 0.140. The Morgan fingerprint density at radius 1 is 0.543 bits per heavy atom. The van der Waals surface area contributed by atoms with E-state index in [1.807, 2.05) is 48.5 Å². The third-order valence-electron chi connectivity index (χ3n) is 17.7. The van der Waals surface area contributed by atoms with E-state index >= 15 is 9.59 Å². The maximum Gasteiger partial charge on any atom is 0.410 e. The smallest absolute Gasteiger partial charge is 0.410 e. The van der Waals surface area contributed by atoms with Crippen LogP contribution >= 0.6 is 0 Å². The van der Waals surface area contributed by atoms with E-state index in [4.69, 9.17) is 9.47 Å². The Bertz CT molecular complexity index is 3270. The number of carbonyl (C=O) groups excluding carboxylic acids is 8. The Labute approximate surface area is 543 Å². The zero-order valence-corrected chi connectivity index (χ0v) is 57.9. The number of ether oxygens (including phenoxy) is 2. The van der Waals surface area contributed by atoms with Crippen molar-refractivity contribution in [2.75, 3.05) is 20.6 Å². The average molecular weight is 1320 g/mol. The summed E-state index contributed by atoms with van der Waals surface area (Å²) in [4.78, 5) is 116. The molecule has 1 saturated carbocycles. The van der Waals surface area contributed by atoms with Crippen molar-refractivity contribution >= 4 is 67.6 Å². The standard InChI is InChI=1S/C67H97N9O14S2/c1-39(74(15)62(83)89-66(9,10)11)57(78)70-55(64(3,4)5)54(77)49-34-43(35-50(49)59(80)68-51-32-21-26-41-24-17-19-30-47(41)51)72-91(85,86)45-28-23-29-46(37-45)92(87,88)73-44-36-53(60(81)69-52-33-22-27-42-25-18-20-31-48(42)52)76(38-44)61(82)56(65(6,7)8)71-58(79)40(2)75(16)63(84)90-67(12,13)14/h17-20,23-25,28-31,37,39-40,43-44,49-53,55-56,72-73H,21-22,26-27,32-36,38H2,1-16H3,(H,68,80)(H,69,81)(H,70,78)(H,71,79)/t39-,40-,43+,44-,49?,50+,51+,52+,53-,55+,56+/m0/s1. The Balaban J connectivity index is 1.14. The molecule has 2 fully saturated rings. The van der Waals surface area contributed by atoms with E-state index in [9.17, 15) is 45.6 Å². The number of aryl methyl sites for hydroxylation is 2. The molecule has 1 heterocycles. The summed E-state index contributed by atoms with van der Waals surface area (Å²) < 4.78 is 74.8. The van der Waals surface area contributed by atoms with Crippen molar-refractivity contribution in [3.8, 4) is 0 Å². The molecule has 0 spiro atoms. The van der Waals surface area contributed by atoms with Crippen LogP contribution in [0.2, 0.25) is 0 Å². The monoisotopic (exact) mass is 1320 g/mol. The molecule has 3 aliphatic carbocycles. The van der Waals surface area contributed by atoms with Crippen LogP contribution in [0.1, 0.15) is 176 Å². The summed E-state index contributed by atoms with van der Waals surface area (Å²) >= 11 is 0. The minimum Gasteiger partial charge on any atom is -0.444 e. The van der Waals surface area contributed by atoms with Crippen LogP contribution in [0.3, 0.4) is 0 Å². The SMILES string of the molecule is C[C@@H](C(=O)N[C@H](C(=O)C1C[C@@H](NS(=O)(=O)c2cccc(S(=O)(=O)N[C@H]3C[C@@H](C(=O)N[C@@H]4CCCc5ccccc54)N(C(=O)[C@@H](NC(=O)[C@H](C)N(C)C(=O)OC(C)(C)C)C(C)(C)C)C3)c2)C[C@H]1C(=O)N[C@@H]1CCCc2ccccc21)C(C)(C)C)N(C)C(=O)OC(C)(C)C. The third kappa shape index (κ3) is 17.8. The van der Waals surface area contributed by atoms with Crippen LogP contribution in [-0.2, 0) is 71.1 Å². The van der Waals surface area contributed by atoms with Gasteiger partial charge < -0.3 is 35.6 Å². The van der Waals surface area contributed by atoms with Gasteiger partial charge >= 0.3 is 12.2 Å². The highest BCUT2D eigenvalue weighted by atomic mass is 32.2. The maximum absolute atomic E-state index is 15.2. The highest BCUT2D eigenvalue weighted by Gasteiger charge is 2.50. The summed E-state index contributed by atoms with van der Waals surface area (Å²) in [5.74, 6) is -5.81. The molecule has 7 rings (SSSR count). The number of sulfonamides is 2. The fraction of sp³-hybridized carbons (Fsp3) is 0.612. The number of amides is 7. The van der Waals surface area contributed by atoms with Gasteiger partial charge in [0.2, 0.25) is 49.6 Å². The summed E-state index contributed by atoms with van der Waals surface area (Å²) in [6.07, 6.45) is 2.38. The Morgan fingerprint density at radius 2 is 0.967 bits per heavy atom. The van der Waals surface area contributed by atoms with E-state index in [-0.39, 0.29) is 25.8 Å². The predicted octanol–water partition coefficient (Wildman–Crippen LogP) is 7.14. The third-order valence-corrected chi connectivity index (χ3v) is 20.7. The van der Waals surface area contributed by atoms with Gasteiger partial charge in [0.15, 0.2) is 5.78 Å². The molecule has 3 aromatic carbocycles. The number of carbonyl (C=O) groups is 8. The molecule has 92 heavy (non-hydrogen) atoms. The number of ketones is 1. The lowest BCUT2D eigenvalue weighted by Crippen LogP contribution is -2.60. The molecule has 11 atom stereocenters. The molecule has 4 aliphatic rings. The number of nitrogens with one attached hydrogen (secondary N) is 6. The number of fused-ring (bicyclic) bond motifs is 2. The molecule has 3 aromatic rings. The van der Waals surface area contributed by atoms with Crippen molar-refractivity contribution in [1.82, 2.24) is 45.4 Å². The predicted molar refractivity (Wildman–Crippen MR) is 346 cm³/mol. The fourth-order valence-corrected chi connectivity index (χ4v) is 15.2. The van der Waals surface area contributed by atoms with Gasteiger partial charge in [0.25, 0.3) is 0 Å². The summed E-state index contributed by atoms with van der Waals surface area (Å²) in [7, 11) is -6.49. The lowest BCUT2D eigenvalue weighted by molar-refractivity contribution is -0.144. The first-order chi connectivity index (χ1) is 42.6. The first-order valence-electron chi connectivity index (χ1n) is 31.8. The molecule has 7 amide bonds. The fourth-order valence-electron chi connectivity index (χ4n) is 12.5. The van der Waals surface area contributed by atoms with Crippen LogP contribution in [0.25, 0.3) is 0 Å². The van der Waals surface area contributed by atoms with Crippen molar-refractivity contribution in [1.29, 1.82) is 0 Å². The number of nitrogens with zero attached hydrogens (tertiary/aromatic N) is 3. The van der Waals surface area contributed by atoms with Crippen molar-refractivity contribution in [2.24, 2.45) is 22.7 Å². The van der Waals surface area contributed by atoms with Crippen LogP contribution in [0.15, 0.2) is 82.6 Å². The molecule has 1 aliphatic heterocycles. The Morgan fingerprint density at radius 3 is 1.42 bits per heavy atom. The van der Waals surface area contributed by atoms with Gasteiger partial charge in [-0.05, 0) is 164 Å². The van der Waals surface area contributed by atoms with E-state index < -0.39 is 166 Å². The summed E-state index contributed by atoms with van der Waals surface area (Å²) in [6.45, 7) is 23.2. The van der Waals surface area contributed by atoms with Crippen LogP contribution in [0.5, 0.6) is 0 Å². The first-order valence-corrected chi connectivity index (χ1v) is 34.8. The molecular weight excluding hydrogens is 1220 g/mol. The van der Waals surface area contributed by atoms with Gasteiger partial charge in [0.1, 0.15) is 35.4 Å². The van der Waals surface area contributed by atoms with Gasteiger partial charge in [-0.15, -0.1) is 0 Å². The molecule has 1 unspecified atom stereocenters. The summed E-state index contributed by atoms with van der Waals surface area (Å²) in [5, 5.41) is 12.0. The normalized spacial score (nSPS) is 22.4. The van der Waals surface area contributed by atoms with Gasteiger partial charge in [-0.25, -0.2) is 35.9 Å². The second kappa shape index (κ2) is 28.3. The van der Waals surface area contributed by atoms with E-state index in [0.717, 1.165) is 63.8 Å². The van der Waals surface area contributed by atoms with Crippen molar-refractivity contribution in [3.63, 3.8) is 0 Å². The molecular formula is C67H97N9O14S2. The maximum atomic E-state index is 15.2. The van der Waals surface area contributed by atoms with E-state index in [2.05, 4.69) is 30.7 Å².